The molecule has 0 fully saturated rings. The zero-order valence-electron chi connectivity index (χ0n) is 17.5. The van der Waals surface area contributed by atoms with Crippen molar-refractivity contribution in [3.8, 4) is 28.3 Å². The van der Waals surface area contributed by atoms with Crippen LogP contribution in [0.5, 0.6) is 11.5 Å². The lowest BCUT2D eigenvalue weighted by molar-refractivity contribution is -0.137. The third-order valence-electron chi connectivity index (χ3n) is 4.84. The minimum absolute atomic E-state index is 0.0220. The Balaban J connectivity index is 1.61. The van der Waals surface area contributed by atoms with Gasteiger partial charge in [-0.15, -0.1) is 10.2 Å². The number of aromatic amines is 1. The molecule has 12 heteroatoms. The number of aromatic hydroxyl groups is 1. The van der Waals surface area contributed by atoms with Crippen LogP contribution in [0.4, 0.5) is 29.3 Å². The summed E-state index contributed by atoms with van der Waals surface area (Å²) in [7, 11) is 0. The van der Waals surface area contributed by atoms with Crippen LogP contribution in [0.1, 0.15) is 5.56 Å². The van der Waals surface area contributed by atoms with Crippen LogP contribution in [-0.4, -0.2) is 26.1 Å². The number of carbonyl (C=O) groups is 1. The topological polar surface area (TPSA) is 129 Å². The summed E-state index contributed by atoms with van der Waals surface area (Å²) in [6.45, 7) is 0. The molecule has 4 aromatic rings. The van der Waals surface area contributed by atoms with Gasteiger partial charge in [0.1, 0.15) is 11.4 Å². The number of halogens is 3. The molecule has 0 saturated heterocycles. The number of H-pyrrole nitrogens is 1. The Hall–Kier alpha value is -4.87. The first kappa shape index (κ1) is 23.3. The van der Waals surface area contributed by atoms with Crippen molar-refractivity contribution in [2.75, 3.05) is 0 Å². The zero-order valence-corrected chi connectivity index (χ0v) is 17.5. The van der Waals surface area contributed by atoms with Gasteiger partial charge in [-0.2, -0.15) is 13.2 Å². The van der Waals surface area contributed by atoms with E-state index in [0.29, 0.717) is 11.1 Å². The number of para-hydroxylation sites is 1. The van der Waals surface area contributed by atoms with E-state index in [1.807, 2.05) is 0 Å². The molecule has 3 aromatic carbocycles. The van der Waals surface area contributed by atoms with E-state index in [9.17, 15) is 27.9 Å². The minimum Gasteiger partial charge on any atom is -0.505 e. The summed E-state index contributed by atoms with van der Waals surface area (Å²) in [6.07, 6.45) is -4.76. The van der Waals surface area contributed by atoms with Gasteiger partial charge in [0.05, 0.1) is 17.4 Å². The molecular weight excluding hydrogens is 469 g/mol. The fourth-order valence-corrected chi connectivity index (χ4v) is 3.20. The van der Waals surface area contributed by atoms with E-state index in [1.165, 1.54) is 24.4 Å². The van der Waals surface area contributed by atoms with Crippen molar-refractivity contribution >= 4 is 17.5 Å². The second-order valence-electron chi connectivity index (χ2n) is 7.11. The van der Waals surface area contributed by atoms with Gasteiger partial charge in [-0.3, -0.25) is 9.89 Å². The van der Waals surface area contributed by atoms with Gasteiger partial charge in [0.25, 0.3) is 5.56 Å². The highest BCUT2D eigenvalue weighted by atomic mass is 19.4. The number of hydrogen-bond acceptors (Lipinski definition) is 6. The molecule has 0 saturated carbocycles. The largest absolute Gasteiger partial charge is 0.511 e. The lowest BCUT2D eigenvalue weighted by Crippen LogP contribution is -2.14. The van der Waals surface area contributed by atoms with Gasteiger partial charge in [-0.05, 0) is 48.0 Å². The molecule has 0 spiro atoms. The van der Waals surface area contributed by atoms with E-state index in [-0.39, 0.29) is 28.6 Å². The number of benzene rings is 3. The zero-order chi connectivity index (χ0) is 25.2. The number of phenolic OH excluding ortho intramolecular Hbond substituents is 1. The maximum atomic E-state index is 12.8. The van der Waals surface area contributed by atoms with Crippen molar-refractivity contribution in [2.45, 2.75) is 6.18 Å². The van der Waals surface area contributed by atoms with Gasteiger partial charge in [0, 0.05) is 5.56 Å². The van der Waals surface area contributed by atoms with Gasteiger partial charge in [0.15, 0.2) is 11.4 Å². The lowest BCUT2D eigenvalue weighted by atomic mass is 10.0. The Morgan fingerprint density at radius 3 is 2.34 bits per heavy atom. The maximum absolute atomic E-state index is 12.8. The first-order valence-corrected chi connectivity index (χ1v) is 9.86. The molecule has 9 nitrogen and oxygen atoms in total. The number of nitrogens with zero attached hydrogens (tertiary/aromatic N) is 3. The van der Waals surface area contributed by atoms with Gasteiger partial charge in [0.2, 0.25) is 0 Å². The van der Waals surface area contributed by atoms with Crippen molar-refractivity contribution < 1.29 is 32.9 Å². The molecule has 0 atom stereocenters. The number of carboxylic acid groups (broad SMARTS) is 1. The number of alkyl halides is 3. The Morgan fingerprint density at radius 1 is 0.971 bits per heavy atom. The third-order valence-corrected chi connectivity index (χ3v) is 4.84. The average molecular weight is 484 g/mol. The van der Waals surface area contributed by atoms with E-state index in [1.54, 1.807) is 24.3 Å². The summed E-state index contributed by atoms with van der Waals surface area (Å²) in [5, 5.41) is 29.8. The molecule has 0 aliphatic carbocycles. The second kappa shape index (κ2) is 9.17. The Morgan fingerprint density at radius 2 is 1.66 bits per heavy atom. The molecule has 0 aliphatic heterocycles. The molecule has 1 heterocycles. The first-order valence-electron chi connectivity index (χ1n) is 9.86. The predicted molar refractivity (Wildman–Crippen MR) is 118 cm³/mol. The number of nitrogens with one attached hydrogen (secondary N) is 1. The quantitative estimate of drug-likeness (QED) is 0.181. The highest BCUT2D eigenvalue weighted by Crippen LogP contribution is 2.38. The van der Waals surface area contributed by atoms with Crippen molar-refractivity contribution in [1.82, 2.24) is 9.78 Å². The fourth-order valence-electron chi connectivity index (χ4n) is 3.20. The van der Waals surface area contributed by atoms with Crippen LogP contribution >= 0.6 is 0 Å². The molecule has 4 rings (SSSR count). The predicted octanol–water partition coefficient (Wildman–Crippen LogP) is 6.03. The van der Waals surface area contributed by atoms with Crippen LogP contribution < -0.4 is 10.3 Å². The summed E-state index contributed by atoms with van der Waals surface area (Å²) in [6, 6.07) is 14.6. The van der Waals surface area contributed by atoms with E-state index in [0.717, 1.165) is 28.9 Å². The van der Waals surface area contributed by atoms with E-state index in [4.69, 9.17) is 5.11 Å². The molecule has 178 valence electrons. The van der Waals surface area contributed by atoms with Crippen LogP contribution in [0.25, 0.3) is 16.8 Å². The summed E-state index contributed by atoms with van der Waals surface area (Å²) >= 11 is 0. The molecule has 35 heavy (non-hydrogen) atoms. The van der Waals surface area contributed by atoms with Gasteiger partial charge >= 0.3 is 12.3 Å². The highest BCUT2D eigenvalue weighted by Gasteiger charge is 2.30. The van der Waals surface area contributed by atoms with E-state index < -0.39 is 23.5 Å². The average Bonchev–Trinajstić information content (AvgIpc) is 3.18. The number of rotatable bonds is 5. The lowest BCUT2D eigenvalue weighted by Gasteiger charge is -2.08. The third kappa shape index (κ3) is 5.05. The maximum Gasteiger partial charge on any atom is 0.511 e. The van der Waals surface area contributed by atoms with Crippen molar-refractivity contribution in [1.29, 1.82) is 0 Å². The summed E-state index contributed by atoms with van der Waals surface area (Å²) in [5.74, 6) is -0.222. The molecule has 0 radical (unpaired) electrons. The number of azo groups is 1. The molecular formula is C23H15F3N4O5. The van der Waals surface area contributed by atoms with Gasteiger partial charge in [-0.25, -0.2) is 9.48 Å². The summed E-state index contributed by atoms with van der Waals surface area (Å²) < 4.78 is 43.9. The first-order chi connectivity index (χ1) is 16.6. The number of phenols is 1. The molecule has 1 aromatic heterocycles. The van der Waals surface area contributed by atoms with Crippen LogP contribution in [0.15, 0.2) is 87.9 Å². The highest BCUT2D eigenvalue weighted by molar-refractivity contribution is 5.77. The van der Waals surface area contributed by atoms with Crippen LogP contribution in [0, 0.1) is 0 Å². The molecule has 3 N–H and O–H groups in total. The SMILES string of the molecule is O=C(O)Oc1cccc(-c2cccc(N=Nc3c[nH]n(-c4ccc(C(F)(F)F)cc4)c3=O)c2O)c1. The van der Waals surface area contributed by atoms with Crippen LogP contribution in [-0.2, 0) is 6.18 Å². The Kier molecular flexibility index (Phi) is 6.10. The molecule has 0 amide bonds. The molecule has 0 aliphatic rings. The Labute approximate surface area is 194 Å². The second-order valence-corrected chi connectivity index (χ2v) is 7.11. The normalized spacial score (nSPS) is 11.6. The van der Waals surface area contributed by atoms with Gasteiger partial charge < -0.3 is 14.9 Å². The number of hydrogen-bond donors (Lipinski definition) is 3. The Bertz CT molecular complexity index is 1470. The molecule has 0 unspecified atom stereocenters. The fraction of sp³-hybridized carbons (Fsp3) is 0.0435. The van der Waals surface area contributed by atoms with Crippen LogP contribution in [0.3, 0.4) is 0 Å². The smallest absolute Gasteiger partial charge is 0.505 e. The number of aromatic nitrogens is 2. The monoisotopic (exact) mass is 484 g/mol. The number of ether oxygens (including phenoxy) is 1. The van der Waals surface area contributed by atoms with E-state index in [2.05, 4.69) is 20.1 Å². The van der Waals surface area contributed by atoms with Gasteiger partial charge in [-0.1, -0.05) is 24.3 Å². The van der Waals surface area contributed by atoms with Crippen molar-refractivity contribution in [2.24, 2.45) is 10.2 Å². The van der Waals surface area contributed by atoms with Crippen molar-refractivity contribution in [3.05, 3.63) is 88.8 Å². The van der Waals surface area contributed by atoms with Crippen LogP contribution in [0.2, 0.25) is 0 Å². The molecule has 0 bridgehead atoms. The summed E-state index contributed by atoms with van der Waals surface area (Å²) in [4.78, 5) is 23.4. The van der Waals surface area contributed by atoms with E-state index >= 15 is 0 Å². The minimum atomic E-state index is -4.50. The standard InChI is InChI=1S/C23H15F3N4O5/c24-23(25,26)14-7-9-15(10-8-14)30-21(32)19(12-27-30)29-28-18-6-2-5-17(20(18)31)13-3-1-4-16(11-13)35-22(33)34/h1-12,27,31H,(H,33,34). The summed E-state index contributed by atoms with van der Waals surface area (Å²) in [5.41, 5.74) is -0.713. The van der Waals surface area contributed by atoms with Crippen molar-refractivity contribution in [3.63, 3.8) is 0 Å².